The molecule has 0 saturated heterocycles. The van der Waals surface area contributed by atoms with Crippen molar-refractivity contribution in [2.75, 3.05) is 32.0 Å². The van der Waals surface area contributed by atoms with E-state index in [4.69, 9.17) is 14.5 Å². The molecule has 1 saturated carbocycles. The summed E-state index contributed by atoms with van der Waals surface area (Å²) in [6.07, 6.45) is 2.62. The van der Waals surface area contributed by atoms with Gasteiger partial charge in [-0.05, 0) is 69.8 Å². The number of sulfonamides is 1. The van der Waals surface area contributed by atoms with E-state index < -0.39 is 28.1 Å². The van der Waals surface area contributed by atoms with Gasteiger partial charge in [0.25, 0.3) is 0 Å². The average Bonchev–Trinajstić information content (AvgIpc) is 3.84. The zero-order chi connectivity index (χ0) is 33.6. The van der Waals surface area contributed by atoms with Crippen LogP contribution in [0.15, 0.2) is 60.7 Å². The fourth-order valence-electron chi connectivity index (χ4n) is 5.29. The van der Waals surface area contributed by atoms with Gasteiger partial charge in [0.15, 0.2) is 5.82 Å². The predicted octanol–water partition coefficient (Wildman–Crippen LogP) is 4.47. The van der Waals surface area contributed by atoms with Crippen molar-refractivity contribution >= 4 is 22.1 Å². The van der Waals surface area contributed by atoms with Crippen LogP contribution in [0.3, 0.4) is 0 Å². The fourth-order valence-corrected chi connectivity index (χ4v) is 6.57. The Bertz CT molecular complexity index is 1510. The maximum atomic E-state index is 13.4. The molecule has 3 aromatic rings. The van der Waals surface area contributed by atoms with E-state index in [9.17, 15) is 18.0 Å². The highest BCUT2D eigenvalue weighted by atomic mass is 32.2. The molecule has 0 spiro atoms. The molecule has 13 heteroatoms. The van der Waals surface area contributed by atoms with E-state index in [0.717, 1.165) is 37.1 Å². The summed E-state index contributed by atoms with van der Waals surface area (Å²) in [6.45, 7) is 8.36. The molecule has 47 heavy (non-hydrogen) atoms. The Labute approximate surface area is 278 Å². The van der Waals surface area contributed by atoms with Crippen LogP contribution in [0.1, 0.15) is 75.3 Å². The van der Waals surface area contributed by atoms with E-state index in [1.807, 2.05) is 60.7 Å². The zero-order valence-electron chi connectivity index (χ0n) is 27.7. The third kappa shape index (κ3) is 11.7. The molecule has 0 unspecified atom stereocenters. The Morgan fingerprint density at radius 3 is 2.26 bits per heavy atom. The SMILES string of the molecule is CCOC(=O)Cn1nc([C@@H](CCc2ccccc2)NS(=O)(=O)CCCN(CC)CC)nc1CN(C(=O)OCc1ccccc1)C1CC1. The van der Waals surface area contributed by atoms with Gasteiger partial charge in [-0.15, -0.1) is 0 Å². The molecule has 0 bridgehead atoms. The number of esters is 1. The summed E-state index contributed by atoms with van der Waals surface area (Å²) in [5, 5.41) is 4.64. The number of hydrogen-bond acceptors (Lipinski definition) is 9. The molecule has 1 aliphatic rings. The van der Waals surface area contributed by atoms with Gasteiger partial charge in [0.05, 0.1) is 24.9 Å². The number of carbonyl (C=O) groups is 2. The van der Waals surface area contributed by atoms with Gasteiger partial charge in [-0.25, -0.2) is 27.6 Å². The number of amides is 1. The molecule has 256 valence electrons. The van der Waals surface area contributed by atoms with Crippen molar-refractivity contribution in [1.82, 2.24) is 29.3 Å². The molecule has 1 aromatic heterocycles. The summed E-state index contributed by atoms with van der Waals surface area (Å²) < 4.78 is 41.8. The first-order valence-electron chi connectivity index (χ1n) is 16.5. The Morgan fingerprint density at radius 1 is 0.979 bits per heavy atom. The van der Waals surface area contributed by atoms with Crippen LogP contribution >= 0.6 is 0 Å². The minimum atomic E-state index is -3.70. The molecule has 1 aliphatic carbocycles. The van der Waals surface area contributed by atoms with Crippen molar-refractivity contribution in [3.8, 4) is 0 Å². The van der Waals surface area contributed by atoms with Gasteiger partial charge in [-0.1, -0.05) is 74.5 Å². The fraction of sp³-hybridized carbons (Fsp3) is 0.529. The van der Waals surface area contributed by atoms with Gasteiger partial charge < -0.3 is 14.4 Å². The topological polar surface area (TPSA) is 136 Å². The Morgan fingerprint density at radius 2 is 1.64 bits per heavy atom. The molecule has 1 fully saturated rings. The summed E-state index contributed by atoms with van der Waals surface area (Å²) >= 11 is 0. The third-order valence-electron chi connectivity index (χ3n) is 8.07. The van der Waals surface area contributed by atoms with E-state index in [-0.39, 0.29) is 43.9 Å². The van der Waals surface area contributed by atoms with Crippen LogP contribution in [0.4, 0.5) is 4.79 Å². The number of hydrogen-bond donors (Lipinski definition) is 1. The molecule has 0 radical (unpaired) electrons. The number of benzene rings is 2. The van der Waals surface area contributed by atoms with Crippen LogP contribution in [0.25, 0.3) is 0 Å². The minimum Gasteiger partial charge on any atom is -0.465 e. The van der Waals surface area contributed by atoms with Crippen LogP contribution in [0.2, 0.25) is 0 Å². The lowest BCUT2D eigenvalue weighted by Crippen LogP contribution is -2.34. The number of carbonyl (C=O) groups excluding carboxylic acids is 2. The van der Waals surface area contributed by atoms with Crippen LogP contribution in [0.5, 0.6) is 0 Å². The molecule has 1 atom stereocenters. The van der Waals surface area contributed by atoms with Gasteiger partial charge in [0.2, 0.25) is 10.0 Å². The van der Waals surface area contributed by atoms with Crippen molar-refractivity contribution < 1.29 is 27.5 Å². The average molecular weight is 669 g/mol. The Hall–Kier alpha value is -3.81. The minimum absolute atomic E-state index is 0.0207. The van der Waals surface area contributed by atoms with Crippen molar-refractivity contribution in [3.63, 3.8) is 0 Å². The van der Waals surface area contributed by atoms with Crippen LogP contribution in [0, 0.1) is 0 Å². The molecule has 1 amide bonds. The van der Waals surface area contributed by atoms with Crippen LogP contribution in [-0.2, 0) is 50.4 Å². The van der Waals surface area contributed by atoms with Gasteiger partial charge in [-0.3, -0.25) is 9.69 Å². The number of aromatic nitrogens is 3. The normalized spacial score (nSPS) is 13.8. The smallest absolute Gasteiger partial charge is 0.410 e. The maximum absolute atomic E-state index is 13.4. The largest absolute Gasteiger partial charge is 0.465 e. The second-order valence-corrected chi connectivity index (χ2v) is 13.5. The standard InChI is InChI=1S/C34H48N6O6S/c1-4-38(5-2)22-13-23-47(43,44)37-30(21-18-27-14-9-7-10-15-27)33-35-31(40(36-33)25-32(41)45-6-3)24-39(29-19-20-29)34(42)46-26-28-16-11-8-12-17-28/h7-12,14-17,29-30,37H,4-6,13,18-26H2,1-3H3/t30-/m1/s1. The highest BCUT2D eigenvalue weighted by Gasteiger charge is 2.35. The summed E-state index contributed by atoms with van der Waals surface area (Å²) in [5.41, 5.74) is 1.92. The molecule has 1 N–H and O–H groups in total. The van der Waals surface area contributed by atoms with Crippen molar-refractivity contribution in [1.29, 1.82) is 0 Å². The summed E-state index contributed by atoms with van der Waals surface area (Å²) in [4.78, 5) is 34.4. The first kappa shape index (κ1) is 36.0. The first-order chi connectivity index (χ1) is 22.7. The zero-order valence-corrected chi connectivity index (χ0v) is 28.5. The lowest BCUT2D eigenvalue weighted by molar-refractivity contribution is -0.144. The second kappa shape index (κ2) is 17.9. The first-order valence-corrected chi connectivity index (χ1v) is 18.2. The predicted molar refractivity (Wildman–Crippen MR) is 179 cm³/mol. The van der Waals surface area contributed by atoms with Crippen molar-refractivity contribution in [2.24, 2.45) is 0 Å². The van der Waals surface area contributed by atoms with E-state index >= 15 is 0 Å². The highest BCUT2D eigenvalue weighted by Crippen LogP contribution is 2.29. The molecule has 1 heterocycles. The quantitative estimate of drug-likeness (QED) is 0.173. The second-order valence-electron chi connectivity index (χ2n) is 11.6. The lowest BCUT2D eigenvalue weighted by atomic mass is 10.1. The summed E-state index contributed by atoms with van der Waals surface area (Å²) in [5.74, 6) is 0.0420. The molecule has 4 rings (SSSR count). The summed E-state index contributed by atoms with van der Waals surface area (Å²) in [7, 11) is -3.70. The van der Waals surface area contributed by atoms with E-state index in [1.54, 1.807) is 11.8 Å². The Balaban J connectivity index is 1.58. The van der Waals surface area contributed by atoms with E-state index in [2.05, 4.69) is 28.6 Å². The number of nitrogens with one attached hydrogen (secondary N) is 1. The number of rotatable bonds is 20. The molecular formula is C34H48N6O6S. The van der Waals surface area contributed by atoms with Gasteiger partial charge >= 0.3 is 12.1 Å². The molecule has 12 nitrogen and oxygen atoms in total. The van der Waals surface area contributed by atoms with E-state index in [1.165, 1.54) is 4.68 Å². The lowest BCUT2D eigenvalue weighted by Gasteiger charge is -2.21. The van der Waals surface area contributed by atoms with Gasteiger partial charge in [0, 0.05) is 6.04 Å². The molecular weight excluding hydrogens is 620 g/mol. The van der Waals surface area contributed by atoms with Gasteiger partial charge in [-0.2, -0.15) is 5.10 Å². The number of aryl methyl sites for hydroxylation is 1. The molecule has 2 aromatic carbocycles. The number of ether oxygens (including phenoxy) is 2. The van der Waals surface area contributed by atoms with Crippen molar-refractivity contribution in [2.45, 2.75) is 84.7 Å². The van der Waals surface area contributed by atoms with E-state index in [0.29, 0.717) is 31.6 Å². The van der Waals surface area contributed by atoms with Gasteiger partial charge in [0.1, 0.15) is 19.0 Å². The summed E-state index contributed by atoms with van der Waals surface area (Å²) in [6, 6.07) is 18.5. The van der Waals surface area contributed by atoms with Crippen LogP contribution < -0.4 is 4.72 Å². The highest BCUT2D eigenvalue weighted by molar-refractivity contribution is 7.89. The monoisotopic (exact) mass is 668 g/mol. The van der Waals surface area contributed by atoms with Crippen LogP contribution in [-0.4, -0.2) is 83.1 Å². The maximum Gasteiger partial charge on any atom is 0.410 e. The number of nitrogens with zero attached hydrogens (tertiary/aromatic N) is 5. The molecule has 0 aliphatic heterocycles. The third-order valence-corrected chi connectivity index (χ3v) is 9.54. The van der Waals surface area contributed by atoms with Crippen molar-refractivity contribution in [3.05, 3.63) is 83.4 Å². The Kier molecular flexibility index (Phi) is 13.7.